The number of aryl methyl sites for hydroxylation is 3. The third-order valence-electron chi connectivity index (χ3n) is 4.65. The number of benzene rings is 1. The summed E-state index contributed by atoms with van der Waals surface area (Å²) in [5, 5.41) is 19.8. The summed E-state index contributed by atoms with van der Waals surface area (Å²) in [5.74, 6) is 1.10. The van der Waals surface area contributed by atoms with Crippen LogP contribution in [0.2, 0.25) is 0 Å². The second kappa shape index (κ2) is 10.1. The average molecular weight is 421 g/mol. The highest BCUT2D eigenvalue weighted by atomic mass is 31.2. The Hall–Kier alpha value is -2.15. The molecule has 1 aromatic carbocycles. The fourth-order valence-electron chi connectivity index (χ4n) is 3.29. The third kappa shape index (κ3) is 5.47. The van der Waals surface area contributed by atoms with Crippen LogP contribution >= 0.6 is 7.44 Å². The molecule has 0 spiro atoms. The number of anilines is 1. The van der Waals surface area contributed by atoms with E-state index >= 15 is 0 Å². The molecule has 0 saturated heterocycles. The molecule has 0 fully saturated rings. The Balaban J connectivity index is 2.48. The Morgan fingerprint density at radius 3 is 2.38 bits per heavy atom. The van der Waals surface area contributed by atoms with Crippen LogP contribution in [0.15, 0.2) is 18.3 Å². The van der Waals surface area contributed by atoms with Gasteiger partial charge in [0, 0.05) is 6.54 Å². The number of rotatable bonds is 10. The van der Waals surface area contributed by atoms with Crippen molar-refractivity contribution in [2.24, 2.45) is 0 Å². The van der Waals surface area contributed by atoms with Crippen LogP contribution in [0.25, 0.3) is 0 Å². The molecule has 8 nitrogen and oxygen atoms in total. The number of hydrogen-bond acceptors (Lipinski definition) is 6. The van der Waals surface area contributed by atoms with Crippen LogP contribution < -0.4 is 20.2 Å². The molecule has 4 N–H and O–H groups in total. The summed E-state index contributed by atoms with van der Waals surface area (Å²) in [6, 6.07) is 3.59. The van der Waals surface area contributed by atoms with Crippen LogP contribution in [-0.4, -0.2) is 41.8 Å². The Bertz CT molecular complexity index is 881. The van der Waals surface area contributed by atoms with Gasteiger partial charge in [0.25, 0.3) is 0 Å². The SMILES string of the molecule is CCNP(=O)(NCC)C(CNc1ncc(C)nc1C)c1cc(C)c(O)c(OC)c1. The van der Waals surface area contributed by atoms with Crippen LogP contribution in [0.5, 0.6) is 11.5 Å². The number of nitrogens with zero attached hydrogens (tertiary/aromatic N) is 2. The van der Waals surface area contributed by atoms with Gasteiger partial charge in [0.15, 0.2) is 11.5 Å². The molecule has 0 aliphatic heterocycles. The van der Waals surface area contributed by atoms with Crippen molar-refractivity contribution in [1.29, 1.82) is 0 Å². The maximum atomic E-state index is 13.9. The lowest BCUT2D eigenvalue weighted by Crippen LogP contribution is -2.30. The number of ether oxygens (including phenoxy) is 1. The molecule has 1 unspecified atom stereocenters. The van der Waals surface area contributed by atoms with Gasteiger partial charge in [-0.15, -0.1) is 0 Å². The summed E-state index contributed by atoms with van der Waals surface area (Å²) in [6.45, 7) is 10.9. The van der Waals surface area contributed by atoms with E-state index in [0.717, 1.165) is 17.0 Å². The van der Waals surface area contributed by atoms with Gasteiger partial charge in [-0.25, -0.2) is 4.98 Å². The van der Waals surface area contributed by atoms with Crippen molar-refractivity contribution in [1.82, 2.24) is 20.1 Å². The maximum Gasteiger partial charge on any atom is 0.220 e. The number of methoxy groups -OCH3 is 1. The van der Waals surface area contributed by atoms with Crippen molar-refractivity contribution >= 4 is 13.3 Å². The zero-order valence-corrected chi connectivity index (χ0v) is 18.9. The number of hydrogen-bond donors (Lipinski definition) is 4. The van der Waals surface area contributed by atoms with Crippen LogP contribution in [0.1, 0.15) is 42.0 Å². The van der Waals surface area contributed by atoms with Gasteiger partial charge < -0.3 is 15.2 Å². The fourth-order valence-corrected chi connectivity index (χ4v) is 5.70. The first-order chi connectivity index (χ1) is 13.8. The van der Waals surface area contributed by atoms with Gasteiger partial charge in [-0.3, -0.25) is 19.7 Å². The molecular weight excluding hydrogens is 389 g/mol. The van der Waals surface area contributed by atoms with Gasteiger partial charge in [0.05, 0.1) is 30.4 Å². The molecule has 160 valence electrons. The monoisotopic (exact) mass is 421 g/mol. The number of aromatic hydroxyl groups is 1. The summed E-state index contributed by atoms with van der Waals surface area (Å²) in [5.41, 5.74) is 2.67. The summed E-state index contributed by atoms with van der Waals surface area (Å²) < 4.78 is 19.2. The summed E-state index contributed by atoms with van der Waals surface area (Å²) in [4.78, 5) is 8.85. The van der Waals surface area contributed by atoms with Gasteiger partial charge in [-0.05, 0) is 51.1 Å². The highest BCUT2D eigenvalue weighted by Gasteiger charge is 2.34. The summed E-state index contributed by atoms with van der Waals surface area (Å²) in [6.07, 6.45) is 1.70. The zero-order chi connectivity index (χ0) is 21.6. The van der Waals surface area contributed by atoms with Gasteiger partial charge in [0.1, 0.15) is 5.82 Å². The van der Waals surface area contributed by atoms with Crippen LogP contribution in [0, 0.1) is 20.8 Å². The maximum absolute atomic E-state index is 13.9. The molecule has 1 atom stereocenters. The van der Waals surface area contributed by atoms with Crippen LogP contribution in [0.4, 0.5) is 5.82 Å². The molecule has 0 aliphatic carbocycles. The minimum absolute atomic E-state index is 0.0879. The quantitative estimate of drug-likeness (QED) is 0.430. The van der Waals surface area contributed by atoms with Crippen LogP contribution in [-0.2, 0) is 4.57 Å². The van der Waals surface area contributed by atoms with Crippen molar-refractivity contribution in [2.45, 2.75) is 40.3 Å². The van der Waals surface area contributed by atoms with E-state index in [1.165, 1.54) is 7.11 Å². The molecule has 2 rings (SSSR count). The highest BCUT2D eigenvalue weighted by Crippen LogP contribution is 2.53. The van der Waals surface area contributed by atoms with Gasteiger partial charge in [-0.2, -0.15) is 0 Å². The highest BCUT2D eigenvalue weighted by molar-refractivity contribution is 7.60. The van der Waals surface area contributed by atoms with E-state index < -0.39 is 13.1 Å². The summed E-state index contributed by atoms with van der Waals surface area (Å²) >= 11 is 0. The first kappa shape index (κ1) is 23.1. The topological polar surface area (TPSA) is 108 Å². The van der Waals surface area contributed by atoms with Gasteiger partial charge >= 0.3 is 0 Å². The van der Waals surface area contributed by atoms with Crippen molar-refractivity contribution in [3.8, 4) is 11.5 Å². The smallest absolute Gasteiger partial charge is 0.220 e. The van der Waals surface area contributed by atoms with Gasteiger partial charge in [0.2, 0.25) is 7.44 Å². The molecular formula is C20H32N5O3P. The second-order valence-electron chi connectivity index (χ2n) is 6.91. The average Bonchev–Trinajstić information content (AvgIpc) is 2.66. The molecule has 29 heavy (non-hydrogen) atoms. The van der Waals surface area contributed by atoms with Crippen molar-refractivity contribution in [2.75, 3.05) is 32.1 Å². The minimum Gasteiger partial charge on any atom is -0.504 e. The Labute approximate surface area is 173 Å². The number of phenols is 1. The minimum atomic E-state index is -3.03. The fraction of sp³-hybridized carbons (Fsp3) is 0.500. The van der Waals surface area contributed by atoms with Crippen molar-refractivity contribution in [3.05, 3.63) is 40.8 Å². The molecule has 1 heterocycles. The number of nitrogens with one attached hydrogen (secondary N) is 3. The molecule has 0 amide bonds. The van der Waals surface area contributed by atoms with Gasteiger partial charge in [-0.1, -0.05) is 19.9 Å². The third-order valence-corrected chi connectivity index (χ3v) is 7.58. The Kier molecular flexibility index (Phi) is 8.02. The van der Waals surface area contributed by atoms with E-state index in [2.05, 4.69) is 25.5 Å². The van der Waals surface area contributed by atoms with E-state index in [0.29, 0.717) is 36.8 Å². The Morgan fingerprint density at radius 1 is 1.17 bits per heavy atom. The first-order valence-electron chi connectivity index (χ1n) is 9.77. The lowest BCUT2D eigenvalue weighted by Gasteiger charge is -2.30. The van der Waals surface area contributed by atoms with E-state index in [9.17, 15) is 9.67 Å². The standard InChI is InChI=1S/C20H32N5O3P/c1-7-23-29(27,24-8-2)18(12-22-20-15(5)25-14(4)11-21-20)16-9-13(3)19(26)17(10-16)28-6/h9-11,18,26H,7-8,12H2,1-6H3,(H,21,22)(H2,23,24,27). The van der Waals surface area contributed by atoms with E-state index in [1.807, 2.05) is 33.8 Å². The second-order valence-corrected chi connectivity index (χ2v) is 9.48. The lowest BCUT2D eigenvalue weighted by atomic mass is 10.1. The van der Waals surface area contributed by atoms with Crippen molar-refractivity contribution in [3.63, 3.8) is 0 Å². The molecule has 2 aromatic rings. The lowest BCUT2D eigenvalue weighted by molar-refractivity contribution is 0.371. The van der Waals surface area contributed by atoms with E-state index in [-0.39, 0.29) is 5.75 Å². The number of aromatic nitrogens is 2. The van der Waals surface area contributed by atoms with Crippen molar-refractivity contribution < 1.29 is 14.4 Å². The molecule has 0 radical (unpaired) electrons. The molecule has 0 bridgehead atoms. The van der Waals surface area contributed by atoms with Crippen LogP contribution in [0.3, 0.4) is 0 Å². The number of phenolic OH excluding ortho intramolecular Hbond substituents is 1. The molecule has 9 heteroatoms. The largest absolute Gasteiger partial charge is 0.504 e. The predicted octanol–water partition coefficient (Wildman–Crippen LogP) is 3.68. The molecule has 1 aromatic heterocycles. The predicted molar refractivity (Wildman–Crippen MR) is 117 cm³/mol. The van der Waals surface area contributed by atoms with E-state index in [1.54, 1.807) is 19.2 Å². The Morgan fingerprint density at radius 2 is 1.83 bits per heavy atom. The normalized spacial score (nSPS) is 12.6. The molecule has 0 aliphatic rings. The van der Waals surface area contributed by atoms with E-state index in [4.69, 9.17) is 4.74 Å². The first-order valence-corrected chi connectivity index (χ1v) is 11.5. The molecule has 0 saturated carbocycles. The summed E-state index contributed by atoms with van der Waals surface area (Å²) in [7, 11) is -1.52. The zero-order valence-electron chi connectivity index (χ0n) is 18.0.